The van der Waals surface area contributed by atoms with Gasteiger partial charge in [-0.05, 0) is 38.8 Å². The molecule has 82 valence electrons. The van der Waals surface area contributed by atoms with Crippen LogP contribution in [0.15, 0.2) is 0 Å². The molecule has 0 atom stereocenters. The van der Waals surface area contributed by atoms with Gasteiger partial charge in [0.1, 0.15) is 0 Å². The van der Waals surface area contributed by atoms with Crippen molar-refractivity contribution in [1.29, 1.82) is 0 Å². The zero-order valence-electron chi connectivity index (χ0n) is 9.38. The number of likely N-dealkylation sites (tertiary alicyclic amines) is 1. The maximum atomic E-state index is 11.4. The van der Waals surface area contributed by atoms with Crippen molar-refractivity contribution in [2.45, 2.75) is 32.6 Å². The lowest BCUT2D eigenvalue weighted by molar-refractivity contribution is -0.132. The van der Waals surface area contributed by atoms with Gasteiger partial charge in [0.2, 0.25) is 5.91 Å². The molecule has 1 aliphatic rings. The first kappa shape index (κ1) is 11.5. The standard InChI is InChI=1S/C11H22N2O/c1-3-11(14)13-8-5-10(6-9-13)4-7-12-2/h10,12H,3-9H2,1-2H3. The molecule has 0 bridgehead atoms. The van der Waals surface area contributed by atoms with Crippen molar-refractivity contribution in [3.63, 3.8) is 0 Å². The summed E-state index contributed by atoms with van der Waals surface area (Å²) in [6.07, 6.45) is 4.28. The van der Waals surface area contributed by atoms with Crippen LogP contribution < -0.4 is 5.32 Å². The normalized spacial score (nSPS) is 18.6. The molecule has 0 aromatic heterocycles. The first-order valence-corrected chi connectivity index (χ1v) is 5.70. The Balaban J connectivity index is 2.20. The number of rotatable bonds is 4. The molecule has 0 aliphatic carbocycles. The first-order chi connectivity index (χ1) is 6.77. The number of hydrogen-bond donors (Lipinski definition) is 1. The quantitative estimate of drug-likeness (QED) is 0.737. The zero-order valence-corrected chi connectivity index (χ0v) is 9.38. The number of piperidine rings is 1. The van der Waals surface area contributed by atoms with Crippen LogP contribution in [0.3, 0.4) is 0 Å². The highest BCUT2D eigenvalue weighted by molar-refractivity contribution is 5.75. The number of carbonyl (C=O) groups is 1. The zero-order chi connectivity index (χ0) is 10.4. The average molecular weight is 198 g/mol. The summed E-state index contributed by atoms with van der Waals surface area (Å²) in [6, 6.07) is 0. The van der Waals surface area contributed by atoms with E-state index in [9.17, 15) is 4.79 Å². The van der Waals surface area contributed by atoms with Crippen LogP contribution in [0.25, 0.3) is 0 Å². The number of nitrogens with zero attached hydrogens (tertiary/aromatic N) is 1. The van der Waals surface area contributed by atoms with E-state index in [1.807, 2.05) is 18.9 Å². The Kier molecular flexibility index (Phi) is 4.94. The van der Waals surface area contributed by atoms with Crippen molar-refractivity contribution in [2.24, 2.45) is 5.92 Å². The predicted octanol–water partition coefficient (Wildman–Crippen LogP) is 1.24. The molecule has 0 unspecified atom stereocenters. The third-order valence-corrected chi connectivity index (χ3v) is 3.07. The third kappa shape index (κ3) is 3.29. The minimum Gasteiger partial charge on any atom is -0.343 e. The minimum absolute atomic E-state index is 0.317. The molecule has 0 saturated carbocycles. The molecule has 3 nitrogen and oxygen atoms in total. The van der Waals surface area contributed by atoms with Gasteiger partial charge in [-0.25, -0.2) is 0 Å². The SMILES string of the molecule is CCC(=O)N1CCC(CCNC)CC1. The van der Waals surface area contributed by atoms with Gasteiger partial charge in [-0.15, -0.1) is 0 Å². The van der Waals surface area contributed by atoms with Gasteiger partial charge < -0.3 is 10.2 Å². The summed E-state index contributed by atoms with van der Waals surface area (Å²) >= 11 is 0. The van der Waals surface area contributed by atoms with Crippen LogP contribution in [0.2, 0.25) is 0 Å². The Hall–Kier alpha value is -0.570. The summed E-state index contributed by atoms with van der Waals surface area (Å²) in [6.45, 7) is 4.99. The lowest BCUT2D eigenvalue weighted by Crippen LogP contribution is -2.38. The van der Waals surface area contributed by atoms with E-state index in [4.69, 9.17) is 0 Å². The van der Waals surface area contributed by atoms with Gasteiger partial charge in [-0.1, -0.05) is 6.92 Å². The minimum atomic E-state index is 0.317. The van der Waals surface area contributed by atoms with E-state index in [-0.39, 0.29) is 0 Å². The molecule has 3 heteroatoms. The van der Waals surface area contributed by atoms with E-state index < -0.39 is 0 Å². The monoisotopic (exact) mass is 198 g/mol. The van der Waals surface area contributed by atoms with Crippen LogP contribution in [0.1, 0.15) is 32.6 Å². The fourth-order valence-corrected chi connectivity index (χ4v) is 2.04. The molecule has 1 amide bonds. The van der Waals surface area contributed by atoms with Crippen LogP contribution in [-0.2, 0) is 4.79 Å². The van der Waals surface area contributed by atoms with Crippen LogP contribution in [-0.4, -0.2) is 37.5 Å². The van der Waals surface area contributed by atoms with E-state index >= 15 is 0 Å². The van der Waals surface area contributed by atoms with E-state index in [0.717, 1.165) is 25.6 Å². The van der Waals surface area contributed by atoms with Crippen molar-refractivity contribution in [3.8, 4) is 0 Å². The van der Waals surface area contributed by atoms with Gasteiger partial charge in [0.15, 0.2) is 0 Å². The molecule has 0 aromatic carbocycles. The fraction of sp³-hybridized carbons (Fsp3) is 0.909. The first-order valence-electron chi connectivity index (χ1n) is 5.70. The van der Waals surface area contributed by atoms with Crippen molar-refractivity contribution < 1.29 is 4.79 Å². The van der Waals surface area contributed by atoms with Crippen molar-refractivity contribution in [2.75, 3.05) is 26.7 Å². The molecule has 1 N–H and O–H groups in total. The summed E-state index contributed by atoms with van der Waals surface area (Å²) in [5.41, 5.74) is 0. The van der Waals surface area contributed by atoms with E-state index in [1.165, 1.54) is 19.3 Å². The molecule has 14 heavy (non-hydrogen) atoms. The van der Waals surface area contributed by atoms with Gasteiger partial charge in [0, 0.05) is 19.5 Å². The van der Waals surface area contributed by atoms with Gasteiger partial charge in [-0.2, -0.15) is 0 Å². The van der Waals surface area contributed by atoms with Gasteiger partial charge in [0.25, 0.3) is 0 Å². The molecule has 0 spiro atoms. The predicted molar refractivity (Wildman–Crippen MR) is 58.1 cm³/mol. The second-order valence-electron chi connectivity index (χ2n) is 4.07. The molecule has 0 aromatic rings. The summed E-state index contributed by atoms with van der Waals surface area (Å²) in [5.74, 6) is 1.14. The van der Waals surface area contributed by atoms with Crippen molar-refractivity contribution >= 4 is 5.91 Å². The number of carbonyl (C=O) groups excluding carboxylic acids is 1. The highest BCUT2D eigenvalue weighted by atomic mass is 16.2. The van der Waals surface area contributed by atoms with E-state index in [1.54, 1.807) is 0 Å². The second-order valence-corrected chi connectivity index (χ2v) is 4.07. The summed E-state index contributed by atoms with van der Waals surface area (Å²) < 4.78 is 0. The summed E-state index contributed by atoms with van der Waals surface area (Å²) in [4.78, 5) is 13.4. The number of nitrogens with one attached hydrogen (secondary N) is 1. The van der Waals surface area contributed by atoms with Crippen LogP contribution in [0, 0.1) is 5.92 Å². The number of hydrogen-bond acceptors (Lipinski definition) is 2. The smallest absolute Gasteiger partial charge is 0.222 e. The molecule has 1 rings (SSSR count). The van der Waals surface area contributed by atoms with Crippen LogP contribution >= 0.6 is 0 Å². The third-order valence-electron chi connectivity index (χ3n) is 3.07. The lowest BCUT2D eigenvalue weighted by Gasteiger charge is -2.31. The Morgan fingerprint density at radius 3 is 2.57 bits per heavy atom. The Bertz CT molecular complexity index is 174. The lowest BCUT2D eigenvalue weighted by atomic mass is 9.93. The highest BCUT2D eigenvalue weighted by Crippen LogP contribution is 2.20. The van der Waals surface area contributed by atoms with E-state index in [0.29, 0.717) is 12.3 Å². The summed E-state index contributed by atoms with van der Waals surface area (Å²) in [5, 5.41) is 3.18. The van der Waals surface area contributed by atoms with Gasteiger partial charge >= 0.3 is 0 Å². The largest absolute Gasteiger partial charge is 0.343 e. The maximum absolute atomic E-state index is 11.4. The molecular weight excluding hydrogens is 176 g/mol. The molecule has 1 aliphatic heterocycles. The average Bonchev–Trinajstić information content (AvgIpc) is 2.26. The van der Waals surface area contributed by atoms with Gasteiger partial charge in [0.05, 0.1) is 0 Å². The van der Waals surface area contributed by atoms with E-state index in [2.05, 4.69) is 5.32 Å². The Morgan fingerprint density at radius 1 is 1.43 bits per heavy atom. The summed E-state index contributed by atoms with van der Waals surface area (Å²) in [7, 11) is 2.00. The van der Waals surface area contributed by atoms with Crippen molar-refractivity contribution in [1.82, 2.24) is 10.2 Å². The molecule has 1 heterocycles. The highest BCUT2D eigenvalue weighted by Gasteiger charge is 2.20. The van der Waals surface area contributed by atoms with Crippen LogP contribution in [0.5, 0.6) is 0 Å². The maximum Gasteiger partial charge on any atom is 0.222 e. The fourth-order valence-electron chi connectivity index (χ4n) is 2.04. The topological polar surface area (TPSA) is 32.3 Å². The van der Waals surface area contributed by atoms with Gasteiger partial charge in [-0.3, -0.25) is 4.79 Å². The molecular formula is C11H22N2O. The Labute approximate surface area is 86.9 Å². The molecule has 0 radical (unpaired) electrons. The second kappa shape index (κ2) is 6.02. The van der Waals surface area contributed by atoms with Crippen molar-refractivity contribution in [3.05, 3.63) is 0 Å². The molecule has 1 fully saturated rings. The Morgan fingerprint density at radius 2 is 2.07 bits per heavy atom. The number of amides is 1. The molecule has 1 saturated heterocycles. The van der Waals surface area contributed by atoms with Crippen LogP contribution in [0.4, 0.5) is 0 Å².